The van der Waals surface area contributed by atoms with Gasteiger partial charge in [0.15, 0.2) is 0 Å². The van der Waals surface area contributed by atoms with Gasteiger partial charge in [0.1, 0.15) is 12.6 Å². The minimum Gasteiger partial charge on any atom is -0.352 e. The van der Waals surface area contributed by atoms with Crippen LogP contribution in [0, 0.1) is 3.57 Å². The molecule has 2 amide bonds. The summed E-state index contributed by atoms with van der Waals surface area (Å²) in [4.78, 5) is 28.6. The molecule has 1 atom stereocenters. The second-order valence-corrected chi connectivity index (χ2v) is 13.3. The maximum Gasteiger partial charge on any atom is 0.244 e. The molecule has 0 radical (unpaired) electrons. The van der Waals surface area contributed by atoms with E-state index in [9.17, 15) is 18.0 Å². The highest BCUT2D eigenvalue weighted by molar-refractivity contribution is 14.1. The molecule has 0 bridgehead atoms. The average molecular weight is 680 g/mol. The molecule has 0 saturated heterocycles. The molecule has 202 valence electrons. The third kappa shape index (κ3) is 8.46. The minimum atomic E-state index is -3.78. The Balaban J connectivity index is 1.93. The van der Waals surface area contributed by atoms with Gasteiger partial charge in [0.2, 0.25) is 21.8 Å². The maximum atomic E-state index is 13.8. The topological polar surface area (TPSA) is 86.8 Å². The predicted molar refractivity (Wildman–Crippen MR) is 157 cm³/mol. The number of rotatable bonds is 10. The van der Waals surface area contributed by atoms with Gasteiger partial charge in [-0.2, -0.15) is 0 Å². The van der Waals surface area contributed by atoms with Crippen LogP contribution in [-0.4, -0.2) is 50.0 Å². The van der Waals surface area contributed by atoms with Gasteiger partial charge in [-0.25, -0.2) is 8.42 Å². The number of benzene rings is 2. The van der Waals surface area contributed by atoms with Gasteiger partial charge < -0.3 is 10.2 Å². The Morgan fingerprint density at radius 1 is 1.08 bits per heavy atom. The molecular weight excluding hydrogens is 648 g/mol. The number of carbonyl (C=O) groups excluding carboxylic acids is 2. The zero-order chi connectivity index (χ0) is 27.2. The van der Waals surface area contributed by atoms with Crippen LogP contribution in [0.15, 0.2) is 42.5 Å². The first-order chi connectivity index (χ1) is 17.5. The first-order valence-corrected chi connectivity index (χ1v) is 15.9. The normalized spacial score (nSPS) is 15.2. The summed E-state index contributed by atoms with van der Waals surface area (Å²) in [5.41, 5.74) is 0.990. The predicted octanol–water partition coefficient (Wildman–Crippen LogP) is 5.62. The third-order valence-electron chi connectivity index (χ3n) is 6.49. The Morgan fingerprint density at radius 2 is 1.73 bits per heavy atom. The van der Waals surface area contributed by atoms with Crippen molar-refractivity contribution in [2.24, 2.45) is 0 Å². The van der Waals surface area contributed by atoms with E-state index in [0.717, 1.165) is 46.2 Å². The van der Waals surface area contributed by atoms with E-state index in [0.29, 0.717) is 27.7 Å². The van der Waals surface area contributed by atoms with Crippen LogP contribution in [0.5, 0.6) is 0 Å². The van der Waals surface area contributed by atoms with E-state index in [-0.39, 0.29) is 18.5 Å². The first-order valence-electron chi connectivity index (χ1n) is 12.3. The Bertz CT molecular complexity index is 1200. The second-order valence-electron chi connectivity index (χ2n) is 9.27. The summed E-state index contributed by atoms with van der Waals surface area (Å²) in [5, 5.41) is 3.94. The van der Waals surface area contributed by atoms with Crippen molar-refractivity contribution in [1.82, 2.24) is 10.2 Å². The molecule has 7 nitrogen and oxygen atoms in total. The first kappa shape index (κ1) is 30.0. The molecule has 0 aromatic heterocycles. The van der Waals surface area contributed by atoms with Crippen molar-refractivity contribution in [3.05, 3.63) is 61.6 Å². The van der Waals surface area contributed by atoms with Crippen molar-refractivity contribution in [2.45, 2.75) is 64.1 Å². The van der Waals surface area contributed by atoms with Crippen molar-refractivity contribution < 1.29 is 18.0 Å². The van der Waals surface area contributed by atoms with Gasteiger partial charge >= 0.3 is 0 Å². The van der Waals surface area contributed by atoms with E-state index in [2.05, 4.69) is 27.9 Å². The smallest absolute Gasteiger partial charge is 0.244 e. The van der Waals surface area contributed by atoms with Crippen LogP contribution in [-0.2, 0) is 26.2 Å². The molecule has 1 N–H and O–H groups in total. The Kier molecular flexibility index (Phi) is 10.9. The van der Waals surface area contributed by atoms with Gasteiger partial charge in [0.05, 0.1) is 11.9 Å². The van der Waals surface area contributed by atoms with Crippen LogP contribution in [0.1, 0.15) is 51.0 Å². The zero-order valence-electron chi connectivity index (χ0n) is 20.9. The number of anilines is 1. The average Bonchev–Trinajstić information content (AvgIpc) is 2.84. The molecule has 2 aromatic rings. The van der Waals surface area contributed by atoms with E-state index in [1.807, 2.05) is 6.92 Å². The van der Waals surface area contributed by atoms with Gasteiger partial charge in [-0.3, -0.25) is 13.9 Å². The Morgan fingerprint density at radius 3 is 2.30 bits per heavy atom. The molecule has 37 heavy (non-hydrogen) atoms. The number of halogens is 3. The fraction of sp³-hybridized carbons (Fsp3) is 0.462. The number of sulfonamides is 1. The van der Waals surface area contributed by atoms with E-state index in [1.54, 1.807) is 42.5 Å². The molecule has 0 heterocycles. The van der Waals surface area contributed by atoms with Crippen molar-refractivity contribution in [3.8, 4) is 0 Å². The highest BCUT2D eigenvalue weighted by Crippen LogP contribution is 2.26. The fourth-order valence-electron chi connectivity index (χ4n) is 4.52. The fourth-order valence-corrected chi connectivity index (χ4v) is 6.20. The Hall–Kier alpha value is -1.56. The summed E-state index contributed by atoms with van der Waals surface area (Å²) < 4.78 is 27.4. The maximum absolute atomic E-state index is 13.8. The molecule has 0 aliphatic heterocycles. The third-order valence-corrected chi connectivity index (χ3v) is 8.93. The minimum absolute atomic E-state index is 0.0374. The summed E-state index contributed by atoms with van der Waals surface area (Å²) in [7, 11) is -3.78. The lowest BCUT2D eigenvalue weighted by Gasteiger charge is -2.34. The van der Waals surface area contributed by atoms with Gasteiger partial charge in [-0.15, -0.1) is 0 Å². The summed E-state index contributed by atoms with van der Waals surface area (Å²) in [5.74, 6) is -0.742. The quantitative estimate of drug-likeness (QED) is 0.331. The van der Waals surface area contributed by atoms with Crippen LogP contribution in [0.25, 0.3) is 0 Å². The van der Waals surface area contributed by atoms with E-state index in [1.165, 1.54) is 4.90 Å². The molecule has 0 unspecified atom stereocenters. The van der Waals surface area contributed by atoms with Crippen molar-refractivity contribution in [2.75, 3.05) is 17.1 Å². The molecule has 0 spiro atoms. The number of nitrogens with zero attached hydrogens (tertiary/aromatic N) is 2. The standard InChI is InChI=1S/C26H32Cl2IN3O4S/c1-3-24(26(34)30-21-7-5-4-6-8-21)31(16-18-9-10-19(27)15-23(18)28)25(33)17-32(37(2,35)36)22-13-11-20(29)12-14-22/h9-15,21,24H,3-8,16-17H2,1-2H3,(H,30,34)/t24-/m0/s1. The van der Waals surface area contributed by atoms with E-state index >= 15 is 0 Å². The van der Waals surface area contributed by atoms with Crippen molar-refractivity contribution in [1.29, 1.82) is 0 Å². The molecule has 1 fully saturated rings. The summed E-state index contributed by atoms with van der Waals surface area (Å²) in [6.07, 6.45) is 6.52. The van der Waals surface area contributed by atoms with Crippen LogP contribution in [0.2, 0.25) is 10.0 Å². The molecule has 1 saturated carbocycles. The highest BCUT2D eigenvalue weighted by atomic mass is 127. The molecule has 1 aliphatic carbocycles. The molecule has 2 aromatic carbocycles. The summed E-state index contributed by atoms with van der Waals surface area (Å²) in [6.45, 7) is 1.43. The Labute approximate surface area is 243 Å². The zero-order valence-corrected chi connectivity index (χ0v) is 25.4. The summed E-state index contributed by atoms with van der Waals surface area (Å²) >= 11 is 14.6. The van der Waals surface area contributed by atoms with Crippen LogP contribution in [0.4, 0.5) is 5.69 Å². The van der Waals surface area contributed by atoms with Crippen LogP contribution >= 0.6 is 45.8 Å². The number of carbonyl (C=O) groups is 2. The SMILES string of the molecule is CC[C@@H](C(=O)NC1CCCCC1)N(Cc1ccc(Cl)cc1Cl)C(=O)CN(c1ccc(I)cc1)S(C)(=O)=O. The van der Waals surface area contributed by atoms with Gasteiger partial charge in [0, 0.05) is 26.2 Å². The lowest BCUT2D eigenvalue weighted by molar-refractivity contribution is -0.140. The van der Waals surface area contributed by atoms with Crippen LogP contribution < -0.4 is 9.62 Å². The molecule has 3 rings (SSSR count). The lowest BCUT2D eigenvalue weighted by atomic mass is 9.95. The summed E-state index contributed by atoms with van der Waals surface area (Å²) in [6, 6.07) is 11.1. The number of hydrogen-bond acceptors (Lipinski definition) is 4. The van der Waals surface area contributed by atoms with E-state index < -0.39 is 28.5 Å². The van der Waals surface area contributed by atoms with Gasteiger partial charge in [-0.1, -0.05) is 55.5 Å². The monoisotopic (exact) mass is 679 g/mol. The van der Waals surface area contributed by atoms with Crippen LogP contribution in [0.3, 0.4) is 0 Å². The number of hydrogen-bond donors (Lipinski definition) is 1. The number of amides is 2. The van der Waals surface area contributed by atoms with Crippen molar-refractivity contribution >= 4 is 73.3 Å². The molecule has 11 heteroatoms. The molecular formula is C26H32Cl2IN3O4S. The number of nitrogens with one attached hydrogen (secondary N) is 1. The second kappa shape index (κ2) is 13.5. The van der Waals surface area contributed by atoms with Crippen molar-refractivity contribution in [3.63, 3.8) is 0 Å². The molecule has 1 aliphatic rings. The lowest BCUT2D eigenvalue weighted by Crippen LogP contribution is -2.54. The van der Waals surface area contributed by atoms with Gasteiger partial charge in [0.25, 0.3) is 0 Å². The van der Waals surface area contributed by atoms with Gasteiger partial charge in [-0.05, 0) is 83.8 Å². The van der Waals surface area contributed by atoms with E-state index in [4.69, 9.17) is 23.2 Å². The highest BCUT2D eigenvalue weighted by Gasteiger charge is 2.33. The largest absolute Gasteiger partial charge is 0.352 e.